The Hall–Kier alpha value is -1.59. The van der Waals surface area contributed by atoms with Crippen molar-refractivity contribution in [1.29, 1.82) is 0 Å². The van der Waals surface area contributed by atoms with E-state index in [4.69, 9.17) is 4.74 Å². The van der Waals surface area contributed by atoms with Crippen LogP contribution in [-0.2, 0) is 9.53 Å². The minimum atomic E-state index is -0.424. The minimum absolute atomic E-state index is 0.0705. The predicted octanol–water partition coefficient (Wildman–Crippen LogP) is 2.07. The summed E-state index contributed by atoms with van der Waals surface area (Å²) in [6, 6.07) is 9.07. The molecule has 1 aromatic rings. The van der Waals surface area contributed by atoms with Gasteiger partial charge in [-0.1, -0.05) is 30.3 Å². The second-order valence-electron chi connectivity index (χ2n) is 4.89. The number of β-lactam (4-membered cyclic amide) rings is 1. The van der Waals surface area contributed by atoms with Crippen LogP contribution in [0.1, 0.15) is 17.3 Å². The Morgan fingerprint density at radius 1 is 1.35 bits per heavy atom. The quantitative estimate of drug-likeness (QED) is 0.631. The highest BCUT2D eigenvalue weighted by Gasteiger charge is 2.53. The fourth-order valence-corrected chi connectivity index (χ4v) is 3.89. The molecule has 1 saturated heterocycles. The van der Waals surface area contributed by atoms with Crippen molar-refractivity contribution in [3.63, 3.8) is 0 Å². The van der Waals surface area contributed by atoms with Gasteiger partial charge in [0.1, 0.15) is 5.37 Å². The van der Waals surface area contributed by atoms with Crippen molar-refractivity contribution in [2.75, 3.05) is 12.9 Å². The van der Waals surface area contributed by atoms with Gasteiger partial charge in [0.25, 0.3) is 5.91 Å². The largest absolute Gasteiger partial charge is 0.368 e. The number of carbonyl (C=O) groups excluding carboxylic acids is 2. The van der Waals surface area contributed by atoms with Crippen LogP contribution in [0.2, 0.25) is 0 Å². The van der Waals surface area contributed by atoms with Crippen molar-refractivity contribution in [2.45, 2.75) is 18.4 Å². The molecule has 0 bridgehead atoms. The first-order valence-corrected chi connectivity index (χ1v) is 7.47. The number of fused-ring (bicyclic) bond motifs is 1. The lowest BCUT2D eigenvalue weighted by Gasteiger charge is -2.49. The van der Waals surface area contributed by atoms with Crippen molar-refractivity contribution in [3.8, 4) is 0 Å². The van der Waals surface area contributed by atoms with E-state index in [1.165, 1.54) is 7.11 Å². The van der Waals surface area contributed by atoms with Gasteiger partial charge in [-0.15, -0.1) is 11.8 Å². The summed E-state index contributed by atoms with van der Waals surface area (Å²) in [6.07, 6.45) is -0.424. The van der Waals surface area contributed by atoms with Crippen molar-refractivity contribution in [1.82, 2.24) is 4.90 Å². The summed E-state index contributed by atoms with van der Waals surface area (Å²) in [5.74, 6) is 0.544. The molecule has 0 radical (unpaired) electrons. The van der Waals surface area contributed by atoms with Gasteiger partial charge in [0.05, 0.1) is 5.70 Å². The van der Waals surface area contributed by atoms with Crippen LogP contribution >= 0.6 is 11.8 Å². The maximum atomic E-state index is 12.6. The second kappa shape index (κ2) is 5.07. The SMILES string of the molecule is CO[C@H]1C(=O)N2C(C(=O)c3ccccc3)=C(C)CS[C@@H]12. The zero-order valence-corrected chi connectivity index (χ0v) is 12.1. The summed E-state index contributed by atoms with van der Waals surface area (Å²) in [7, 11) is 1.53. The highest BCUT2D eigenvalue weighted by atomic mass is 32.2. The average molecular weight is 289 g/mol. The molecule has 3 rings (SSSR count). The molecule has 4 nitrogen and oxygen atoms in total. The number of rotatable bonds is 3. The molecule has 104 valence electrons. The van der Waals surface area contributed by atoms with E-state index in [-0.39, 0.29) is 17.1 Å². The number of carbonyl (C=O) groups is 2. The van der Waals surface area contributed by atoms with Crippen LogP contribution in [0.4, 0.5) is 0 Å². The van der Waals surface area contributed by atoms with E-state index in [1.54, 1.807) is 28.8 Å². The molecule has 2 aliphatic rings. The van der Waals surface area contributed by atoms with Crippen LogP contribution in [0, 0.1) is 0 Å². The number of amides is 1. The summed E-state index contributed by atoms with van der Waals surface area (Å²) in [6.45, 7) is 1.91. The molecule has 0 unspecified atom stereocenters. The molecule has 20 heavy (non-hydrogen) atoms. The van der Waals surface area contributed by atoms with Crippen molar-refractivity contribution in [3.05, 3.63) is 47.2 Å². The smallest absolute Gasteiger partial charge is 0.260 e. The number of Topliss-reactive ketones (excluding diaryl/α,β-unsaturated/α-hetero) is 1. The third kappa shape index (κ3) is 1.89. The summed E-state index contributed by atoms with van der Waals surface area (Å²) in [4.78, 5) is 26.3. The number of allylic oxidation sites excluding steroid dienone is 1. The third-order valence-electron chi connectivity index (χ3n) is 3.62. The molecule has 0 N–H and O–H groups in total. The number of ether oxygens (including phenoxy) is 1. The molecule has 2 atom stereocenters. The second-order valence-corrected chi connectivity index (χ2v) is 6.00. The molecule has 1 aromatic carbocycles. The molecular formula is C15H15NO3S. The summed E-state index contributed by atoms with van der Waals surface area (Å²) in [5.41, 5.74) is 2.09. The highest BCUT2D eigenvalue weighted by Crippen LogP contribution is 2.42. The minimum Gasteiger partial charge on any atom is -0.368 e. The zero-order valence-electron chi connectivity index (χ0n) is 11.3. The van der Waals surface area contributed by atoms with Crippen LogP contribution in [0.25, 0.3) is 0 Å². The number of ketones is 1. The molecule has 5 heteroatoms. The monoisotopic (exact) mass is 289 g/mol. The van der Waals surface area contributed by atoms with E-state index < -0.39 is 6.10 Å². The van der Waals surface area contributed by atoms with E-state index >= 15 is 0 Å². The van der Waals surface area contributed by atoms with E-state index in [0.29, 0.717) is 11.3 Å². The normalized spacial score (nSPS) is 25.3. The Bertz CT molecular complexity index is 596. The molecule has 1 fully saturated rings. The zero-order chi connectivity index (χ0) is 14.3. The number of thioether (sulfide) groups is 1. The van der Waals surface area contributed by atoms with Crippen molar-refractivity contribution >= 4 is 23.5 Å². The Balaban J connectivity index is 1.96. The Morgan fingerprint density at radius 3 is 2.70 bits per heavy atom. The van der Waals surface area contributed by atoms with Gasteiger partial charge >= 0.3 is 0 Å². The first-order valence-electron chi connectivity index (χ1n) is 6.42. The number of nitrogens with zero attached hydrogens (tertiary/aromatic N) is 1. The van der Waals surface area contributed by atoms with Crippen LogP contribution < -0.4 is 0 Å². The maximum absolute atomic E-state index is 12.6. The van der Waals surface area contributed by atoms with Gasteiger partial charge in [-0.2, -0.15) is 0 Å². The molecule has 0 aliphatic carbocycles. The summed E-state index contributed by atoms with van der Waals surface area (Å²) in [5, 5.41) is -0.0705. The first kappa shape index (κ1) is 13.4. The lowest BCUT2D eigenvalue weighted by atomic mass is 9.99. The maximum Gasteiger partial charge on any atom is 0.260 e. The lowest BCUT2D eigenvalue weighted by molar-refractivity contribution is -0.158. The molecule has 0 spiro atoms. The molecule has 0 aromatic heterocycles. The fraction of sp³-hybridized carbons (Fsp3) is 0.333. The fourth-order valence-electron chi connectivity index (χ4n) is 2.57. The molecule has 1 amide bonds. The van der Waals surface area contributed by atoms with Gasteiger partial charge in [0, 0.05) is 18.4 Å². The summed E-state index contributed by atoms with van der Waals surface area (Å²) >= 11 is 1.64. The third-order valence-corrected chi connectivity index (χ3v) is 5.01. The van der Waals surface area contributed by atoms with Crippen LogP contribution in [-0.4, -0.2) is 40.9 Å². The number of hydrogen-bond acceptors (Lipinski definition) is 4. The molecule has 2 heterocycles. The lowest BCUT2D eigenvalue weighted by Crippen LogP contribution is -2.65. The standard InChI is InChI=1S/C15H15NO3S/c1-9-8-20-15-13(19-2)14(18)16(15)11(9)12(17)10-6-4-3-5-7-10/h3-7,13,15H,8H2,1-2H3/t13-,15-/m0/s1. The van der Waals surface area contributed by atoms with Crippen molar-refractivity contribution < 1.29 is 14.3 Å². The predicted molar refractivity (Wildman–Crippen MR) is 77.4 cm³/mol. The van der Waals surface area contributed by atoms with E-state index in [2.05, 4.69) is 0 Å². The topological polar surface area (TPSA) is 46.6 Å². The van der Waals surface area contributed by atoms with E-state index in [9.17, 15) is 9.59 Å². The van der Waals surface area contributed by atoms with Crippen LogP contribution in [0.3, 0.4) is 0 Å². The van der Waals surface area contributed by atoms with Crippen LogP contribution in [0.5, 0.6) is 0 Å². The Labute approximate surface area is 121 Å². The Kier molecular flexibility index (Phi) is 3.40. The van der Waals surface area contributed by atoms with Crippen molar-refractivity contribution in [2.24, 2.45) is 0 Å². The highest BCUT2D eigenvalue weighted by molar-refractivity contribution is 8.00. The van der Waals surface area contributed by atoms with Gasteiger partial charge < -0.3 is 4.74 Å². The molecule has 2 aliphatic heterocycles. The number of benzene rings is 1. The molecule has 0 saturated carbocycles. The number of hydrogen-bond donors (Lipinski definition) is 0. The number of methoxy groups -OCH3 is 1. The van der Waals surface area contributed by atoms with Gasteiger partial charge in [-0.3, -0.25) is 14.5 Å². The Morgan fingerprint density at radius 2 is 2.05 bits per heavy atom. The summed E-state index contributed by atoms with van der Waals surface area (Å²) < 4.78 is 5.19. The average Bonchev–Trinajstić information content (AvgIpc) is 2.48. The van der Waals surface area contributed by atoms with E-state index in [0.717, 1.165) is 11.3 Å². The van der Waals surface area contributed by atoms with Gasteiger partial charge in [0.15, 0.2) is 6.10 Å². The molecular weight excluding hydrogens is 274 g/mol. The first-order chi connectivity index (χ1) is 9.65. The van der Waals surface area contributed by atoms with Gasteiger partial charge in [0.2, 0.25) is 5.78 Å². The van der Waals surface area contributed by atoms with E-state index in [1.807, 2.05) is 25.1 Å². The van der Waals surface area contributed by atoms with Gasteiger partial charge in [-0.05, 0) is 12.5 Å². The van der Waals surface area contributed by atoms with Crippen LogP contribution in [0.15, 0.2) is 41.6 Å². The van der Waals surface area contributed by atoms with Gasteiger partial charge in [-0.25, -0.2) is 0 Å².